The van der Waals surface area contributed by atoms with E-state index in [0.717, 1.165) is 39.1 Å². The first-order valence-electron chi connectivity index (χ1n) is 14.8. The van der Waals surface area contributed by atoms with E-state index in [4.69, 9.17) is 15.0 Å². The number of benzene rings is 6. The summed E-state index contributed by atoms with van der Waals surface area (Å²) in [5, 5.41) is 2.49. The van der Waals surface area contributed by atoms with Gasteiger partial charge in [-0.3, -0.25) is 0 Å². The zero-order chi connectivity index (χ0) is 29.5. The third kappa shape index (κ3) is 4.45. The normalized spacial score (nSPS) is 11.3. The SMILES string of the molecule is Cc1nc(-c2ccc(-n3c4ccccc4c4ccccc43)cc2)nc(-c2c(-c3ccccc3)cccc2-c2ccccc2)n1. The minimum Gasteiger partial charge on any atom is -0.309 e. The Kier molecular flexibility index (Phi) is 6.31. The maximum Gasteiger partial charge on any atom is 0.164 e. The molecule has 4 heteroatoms. The monoisotopic (exact) mass is 564 g/mol. The van der Waals surface area contributed by atoms with Crippen molar-refractivity contribution in [1.82, 2.24) is 19.5 Å². The summed E-state index contributed by atoms with van der Waals surface area (Å²) in [6.07, 6.45) is 0. The maximum absolute atomic E-state index is 5.11. The fraction of sp³-hybridized carbons (Fsp3) is 0.0250. The smallest absolute Gasteiger partial charge is 0.164 e. The predicted octanol–water partition coefficient (Wildman–Crippen LogP) is 9.95. The van der Waals surface area contributed by atoms with Gasteiger partial charge in [0.15, 0.2) is 11.6 Å². The molecule has 0 N–H and O–H groups in total. The fourth-order valence-corrected chi connectivity index (χ4v) is 6.19. The van der Waals surface area contributed by atoms with Crippen molar-refractivity contribution in [3.05, 3.63) is 157 Å². The van der Waals surface area contributed by atoms with Gasteiger partial charge in [0.1, 0.15) is 5.82 Å². The van der Waals surface area contributed by atoms with Gasteiger partial charge in [0.25, 0.3) is 0 Å². The zero-order valence-electron chi connectivity index (χ0n) is 24.2. The number of para-hydroxylation sites is 2. The molecule has 0 amide bonds. The Labute approximate surface area is 256 Å². The maximum atomic E-state index is 5.11. The van der Waals surface area contributed by atoms with Gasteiger partial charge in [-0.15, -0.1) is 0 Å². The molecule has 0 unspecified atom stereocenters. The van der Waals surface area contributed by atoms with Crippen molar-refractivity contribution in [3.8, 4) is 50.7 Å². The first-order chi connectivity index (χ1) is 21.7. The van der Waals surface area contributed by atoms with Crippen molar-refractivity contribution < 1.29 is 0 Å². The Morgan fingerprint density at radius 3 is 1.48 bits per heavy atom. The van der Waals surface area contributed by atoms with Crippen LogP contribution >= 0.6 is 0 Å². The van der Waals surface area contributed by atoms with Gasteiger partial charge in [0.05, 0.1) is 11.0 Å². The summed E-state index contributed by atoms with van der Waals surface area (Å²) >= 11 is 0. The Balaban J connectivity index is 1.27. The van der Waals surface area contributed by atoms with Crippen molar-refractivity contribution in [2.45, 2.75) is 6.92 Å². The minimum atomic E-state index is 0.656. The summed E-state index contributed by atoms with van der Waals surface area (Å²) in [5.74, 6) is 2.00. The van der Waals surface area contributed by atoms with Crippen LogP contribution in [0.15, 0.2) is 152 Å². The van der Waals surface area contributed by atoms with Gasteiger partial charge in [-0.05, 0) is 65.6 Å². The highest BCUT2D eigenvalue weighted by Gasteiger charge is 2.19. The van der Waals surface area contributed by atoms with Gasteiger partial charge < -0.3 is 4.57 Å². The number of nitrogens with zero attached hydrogens (tertiary/aromatic N) is 4. The van der Waals surface area contributed by atoms with Crippen molar-refractivity contribution in [2.75, 3.05) is 0 Å². The van der Waals surface area contributed by atoms with Crippen molar-refractivity contribution >= 4 is 21.8 Å². The Morgan fingerprint density at radius 2 is 0.909 bits per heavy atom. The van der Waals surface area contributed by atoms with Crippen molar-refractivity contribution in [2.24, 2.45) is 0 Å². The fourth-order valence-electron chi connectivity index (χ4n) is 6.19. The molecule has 0 saturated carbocycles. The molecule has 4 nitrogen and oxygen atoms in total. The number of hydrogen-bond donors (Lipinski definition) is 0. The van der Waals surface area contributed by atoms with Crippen LogP contribution in [0.3, 0.4) is 0 Å². The topological polar surface area (TPSA) is 43.6 Å². The molecular weight excluding hydrogens is 536 g/mol. The molecule has 0 radical (unpaired) electrons. The van der Waals surface area contributed by atoms with E-state index in [1.54, 1.807) is 0 Å². The van der Waals surface area contributed by atoms with Gasteiger partial charge in [-0.2, -0.15) is 0 Å². The standard InChI is InChI=1S/C40H28N4/c1-27-41-39(30-23-25-31(26-24-30)44-36-21-10-8-17-34(36)35-18-9-11-22-37(35)44)43-40(42-27)38-32(28-13-4-2-5-14-28)19-12-20-33(38)29-15-6-3-7-16-29/h2-26H,1H3. The van der Waals surface area contributed by atoms with E-state index < -0.39 is 0 Å². The predicted molar refractivity (Wildman–Crippen MR) is 181 cm³/mol. The van der Waals surface area contributed by atoms with Crippen LogP contribution in [0.25, 0.3) is 72.5 Å². The molecule has 0 aliphatic carbocycles. The summed E-state index contributed by atoms with van der Waals surface area (Å²) in [7, 11) is 0. The average Bonchev–Trinajstić information content (AvgIpc) is 3.43. The largest absolute Gasteiger partial charge is 0.309 e. The van der Waals surface area contributed by atoms with Crippen LogP contribution in [-0.2, 0) is 0 Å². The lowest BCUT2D eigenvalue weighted by atomic mass is 9.91. The Hall–Kier alpha value is -5.87. The van der Waals surface area contributed by atoms with E-state index in [1.807, 2.05) is 19.1 Å². The van der Waals surface area contributed by atoms with Crippen molar-refractivity contribution in [3.63, 3.8) is 0 Å². The van der Waals surface area contributed by atoms with Crippen LogP contribution in [0.5, 0.6) is 0 Å². The number of fused-ring (bicyclic) bond motifs is 3. The number of aryl methyl sites for hydroxylation is 1. The molecule has 8 rings (SSSR count). The molecule has 44 heavy (non-hydrogen) atoms. The van der Waals surface area contributed by atoms with Gasteiger partial charge in [-0.25, -0.2) is 15.0 Å². The molecule has 6 aromatic carbocycles. The lowest BCUT2D eigenvalue weighted by molar-refractivity contribution is 0.992. The van der Waals surface area contributed by atoms with Crippen LogP contribution in [0.2, 0.25) is 0 Å². The summed E-state index contributed by atoms with van der Waals surface area (Å²) in [5.41, 5.74) is 9.83. The van der Waals surface area contributed by atoms with Gasteiger partial charge in [-0.1, -0.05) is 115 Å². The third-order valence-corrected chi connectivity index (χ3v) is 8.17. The molecule has 0 aliphatic heterocycles. The third-order valence-electron chi connectivity index (χ3n) is 8.17. The molecule has 8 aromatic rings. The molecular formula is C40H28N4. The molecule has 2 aromatic heterocycles. The second-order valence-corrected chi connectivity index (χ2v) is 10.9. The Bertz CT molecular complexity index is 2160. The van der Waals surface area contributed by atoms with E-state index in [-0.39, 0.29) is 0 Å². The quantitative estimate of drug-likeness (QED) is 0.209. The van der Waals surface area contributed by atoms with Crippen molar-refractivity contribution in [1.29, 1.82) is 0 Å². The van der Waals surface area contributed by atoms with E-state index in [1.165, 1.54) is 21.8 Å². The zero-order valence-corrected chi connectivity index (χ0v) is 24.2. The highest BCUT2D eigenvalue weighted by atomic mass is 15.0. The average molecular weight is 565 g/mol. The molecule has 0 bridgehead atoms. The highest BCUT2D eigenvalue weighted by Crippen LogP contribution is 2.39. The second-order valence-electron chi connectivity index (χ2n) is 10.9. The van der Waals surface area contributed by atoms with E-state index >= 15 is 0 Å². The second kappa shape index (κ2) is 10.8. The molecule has 0 saturated heterocycles. The minimum absolute atomic E-state index is 0.656. The lowest BCUT2D eigenvalue weighted by Gasteiger charge is -2.16. The summed E-state index contributed by atoms with van der Waals surface area (Å²) in [6.45, 7) is 1.94. The Morgan fingerprint density at radius 1 is 0.409 bits per heavy atom. The van der Waals surface area contributed by atoms with Gasteiger partial charge in [0, 0.05) is 27.6 Å². The van der Waals surface area contributed by atoms with Gasteiger partial charge >= 0.3 is 0 Å². The number of hydrogen-bond acceptors (Lipinski definition) is 3. The molecule has 0 fully saturated rings. The first-order valence-corrected chi connectivity index (χ1v) is 14.8. The van der Waals surface area contributed by atoms with Crippen LogP contribution < -0.4 is 0 Å². The summed E-state index contributed by atoms with van der Waals surface area (Å²) in [6, 6.07) is 52.9. The number of rotatable bonds is 5. The number of aromatic nitrogens is 4. The molecule has 0 atom stereocenters. The molecule has 0 aliphatic rings. The van der Waals surface area contributed by atoms with Crippen LogP contribution in [0.1, 0.15) is 5.82 Å². The van der Waals surface area contributed by atoms with Crippen LogP contribution in [-0.4, -0.2) is 19.5 Å². The molecule has 208 valence electrons. The van der Waals surface area contributed by atoms with Crippen LogP contribution in [0.4, 0.5) is 0 Å². The highest BCUT2D eigenvalue weighted by molar-refractivity contribution is 6.09. The molecule has 0 spiro atoms. The van der Waals surface area contributed by atoms with Crippen LogP contribution in [0, 0.1) is 6.92 Å². The molecule has 2 heterocycles. The van der Waals surface area contributed by atoms with E-state index in [2.05, 4.69) is 144 Å². The van der Waals surface area contributed by atoms with E-state index in [9.17, 15) is 0 Å². The lowest BCUT2D eigenvalue weighted by Crippen LogP contribution is -2.02. The summed E-state index contributed by atoms with van der Waals surface area (Å²) in [4.78, 5) is 14.8. The summed E-state index contributed by atoms with van der Waals surface area (Å²) < 4.78 is 2.32. The first kappa shape index (κ1) is 25.8. The van der Waals surface area contributed by atoms with E-state index in [0.29, 0.717) is 17.5 Å². The van der Waals surface area contributed by atoms with Gasteiger partial charge in [0.2, 0.25) is 0 Å².